The van der Waals surface area contributed by atoms with Gasteiger partial charge in [0.05, 0.1) is 5.69 Å². The number of fused-ring (bicyclic) bond motifs is 3. The highest BCUT2D eigenvalue weighted by molar-refractivity contribution is 5.83. The second-order valence-electron chi connectivity index (χ2n) is 7.93. The van der Waals surface area contributed by atoms with Crippen LogP contribution in [-0.2, 0) is 6.42 Å². The largest absolute Gasteiger partial charge is 0.353 e. The number of aryl methyl sites for hydroxylation is 4. The van der Waals surface area contributed by atoms with Gasteiger partial charge in [-0.15, -0.1) is 0 Å². The maximum Gasteiger partial charge on any atom is 0.165 e. The number of rotatable bonds is 4. The summed E-state index contributed by atoms with van der Waals surface area (Å²) in [5.74, 6) is 1.27. The van der Waals surface area contributed by atoms with Gasteiger partial charge in [0.15, 0.2) is 5.65 Å². The topological polar surface area (TPSA) is 33.4 Å². The zero-order valence-corrected chi connectivity index (χ0v) is 17.4. The number of hydrogen-bond acceptors (Lipinski definition) is 3. The fourth-order valence-electron chi connectivity index (χ4n) is 4.70. The normalized spacial score (nSPS) is 13.8. The molecule has 4 rings (SSSR count). The Hall–Kier alpha value is -2.36. The highest BCUT2D eigenvalue weighted by atomic mass is 15.4. The van der Waals surface area contributed by atoms with Gasteiger partial charge in [0.1, 0.15) is 5.82 Å². The van der Waals surface area contributed by atoms with Gasteiger partial charge in [0.2, 0.25) is 0 Å². The van der Waals surface area contributed by atoms with Crippen molar-refractivity contribution in [1.29, 1.82) is 0 Å². The van der Waals surface area contributed by atoms with Gasteiger partial charge < -0.3 is 4.90 Å². The van der Waals surface area contributed by atoms with Crippen LogP contribution in [0.2, 0.25) is 0 Å². The number of aromatic nitrogens is 3. The first-order valence-corrected chi connectivity index (χ1v) is 10.2. The van der Waals surface area contributed by atoms with Crippen LogP contribution >= 0.6 is 0 Å². The second kappa shape index (κ2) is 6.66. The Morgan fingerprint density at radius 2 is 1.78 bits per heavy atom. The van der Waals surface area contributed by atoms with Gasteiger partial charge in [-0.25, -0.2) is 4.98 Å². The predicted octanol–water partition coefficient (Wildman–Crippen LogP) is 5.18. The summed E-state index contributed by atoms with van der Waals surface area (Å²) in [7, 11) is 0. The Labute approximate surface area is 162 Å². The molecule has 0 amide bonds. The quantitative estimate of drug-likeness (QED) is 0.641. The Kier molecular flexibility index (Phi) is 4.45. The molecule has 0 aliphatic carbocycles. The molecule has 0 saturated heterocycles. The van der Waals surface area contributed by atoms with Crippen molar-refractivity contribution in [2.45, 2.75) is 66.8 Å². The van der Waals surface area contributed by atoms with Crippen LogP contribution in [0.3, 0.4) is 0 Å². The molecule has 4 nitrogen and oxygen atoms in total. The Morgan fingerprint density at radius 1 is 1.04 bits per heavy atom. The van der Waals surface area contributed by atoms with Crippen molar-refractivity contribution in [3.05, 3.63) is 46.3 Å². The van der Waals surface area contributed by atoms with Crippen molar-refractivity contribution in [2.75, 3.05) is 11.4 Å². The highest BCUT2D eigenvalue weighted by Gasteiger charge is 2.31. The van der Waals surface area contributed by atoms with Gasteiger partial charge in [0.25, 0.3) is 0 Å². The first kappa shape index (κ1) is 18.0. The van der Waals surface area contributed by atoms with Crippen LogP contribution in [0.4, 0.5) is 5.82 Å². The molecule has 142 valence electrons. The number of anilines is 1. The first-order chi connectivity index (χ1) is 13.0. The van der Waals surface area contributed by atoms with Crippen molar-refractivity contribution in [3.8, 4) is 11.1 Å². The molecule has 0 saturated carbocycles. The van der Waals surface area contributed by atoms with Gasteiger partial charge in [-0.2, -0.15) is 9.61 Å². The number of nitrogens with zero attached hydrogens (tertiary/aromatic N) is 4. The first-order valence-electron chi connectivity index (χ1n) is 10.2. The minimum atomic E-state index is 0.560. The predicted molar refractivity (Wildman–Crippen MR) is 113 cm³/mol. The number of benzene rings is 1. The van der Waals surface area contributed by atoms with Crippen LogP contribution in [0.15, 0.2) is 18.2 Å². The van der Waals surface area contributed by atoms with Gasteiger partial charge in [-0.3, -0.25) is 0 Å². The molecule has 4 heteroatoms. The fourth-order valence-corrected chi connectivity index (χ4v) is 4.70. The Bertz CT molecular complexity index is 1010. The fraction of sp³-hybridized carbons (Fsp3) is 0.478. The van der Waals surface area contributed by atoms with E-state index in [1.165, 1.54) is 33.6 Å². The van der Waals surface area contributed by atoms with Crippen LogP contribution < -0.4 is 4.90 Å². The molecular formula is C23H30N4. The van der Waals surface area contributed by atoms with E-state index < -0.39 is 0 Å². The Morgan fingerprint density at radius 3 is 2.44 bits per heavy atom. The van der Waals surface area contributed by atoms with Crippen LogP contribution in [0.1, 0.15) is 54.8 Å². The molecule has 0 bridgehead atoms. The molecule has 1 aliphatic heterocycles. The average Bonchev–Trinajstić information content (AvgIpc) is 3.19. The third-order valence-electron chi connectivity index (χ3n) is 6.13. The summed E-state index contributed by atoms with van der Waals surface area (Å²) in [5.41, 5.74) is 9.55. The molecule has 0 unspecified atom stereocenters. The molecule has 0 fully saturated rings. The summed E-state index contributed by atoms with van der Waals surface area (Å²) in [6.45, 7) is 14.2. The third-order valence-corrected chi connectivity index (χ3v) is 6.13. The summed E-state index contributed by atoms with van der Waals surface area (Å²) in [6.07, 6.45) is 3.38. The smallest absolute Gasteiger partial charge is 0.165 e. The summed E-state index contributed by atoms with van der Waals surface area (Å²) < 4.78 is 2.12. The molecule has 27 heavy (non-hydrogen) atoms. The molecule has 3 aromatic rings. The van der Waals surface area contributed by atoms with Gasteiger partial charge in [0, 0.05) is 29.4 Å². The van der Waals surface area contributed by atoms with Crippen molar-refractivity contribution in [2.24, 2.45) is 0 Å². The van der Waals surface area contributed by atoms with E-state index in [-0.39, 0.29) is 0 Å². The number of hydrogen-bond donors (Lipinski definition) is 0. The van der Waals surface area contributed by atoms with E-state index in [1.807, 2.05) is 0 Å². The zero-order chi connectivity index (χ0) is 19.3. The van der Waals surface area contributed by atoms with E-state index in [0.717, 1.165) is 42.8 Å². The zero-order valence-electron chi connectivity index (χ0n) is 17.4. The summed E-state index contributed by atoms with van der Waals surface area (Å²) in [5, 5.41) is 4.98. The van der Waals surface area contributed by atoms with Crippen molar-refractivity contribution in [1.82, 2.24) is 14.6 Å². The molecular weight excluding hydrogens is 332 g/mol. The van der Waals surface area contributed by atoms with E-state index in [4.69, 9.17) is 10.1 Å². The average molecular weight is 363 g/mol. The van der Waals surface area contributed by atoms with E-state index in [9.17, 15) is 0 Å². The molecule has 0 spiro atoms. The minimum absolute atomic E-state index is 0.560. The summed E-state index contributed by atoms with van der Waals surface area (Å²) in [6, 6.07) is 7.21. The second-order valence-corrected chi connectivity index (χ2v) is 7.93. The van der Waals surface area contributed by atoms with E-state index >= 15 is 0 Å². The lowest BCUT2D eigenvalue weighted by Crippen LogP contribution is -2.34. The van der Waals surface area contributed by atoms with Crippen molar-refractivity contribution in [3.63, 3.8) is 0 Å². The minimum Gasteiger partial charge on any atom is -0.353 e. The van der Waals surface area contributed by atoms with E-state index in [2.05, 4.69) is 69.2 Å². The third kappa shape index (κ3) is 2.73. The van der Waals surface area contributed by atoms with E-state index in [0.29, 0.717) is 6.04 Å². The van der Waals surface area contributed by atoms with Gasteiger partial charge >= 0.3 is 0 Å². The maximum absolute atomic E-state index is 5.03. The van der Waals surface area contributed by atoms with Crippen LogP contribution in [0.25, 0.3) is 16.8 Å². The summed E-state index contributed by atoms with van der Waals surface area (Å²) >= 11 is 0. The molecule has 0 radical (unpaired) electrons. The maximum atomic E-state index is 5.03. The Balaban J connectivity index is 1.99. The lowest BCUT2D eigenvalue weighted by molar-refractivity contribution is 0.563. The SMILES string of the molecule is CCC(CC)N1CCc2c(C)nc3c(-c4ccc(C)cc4C)c(C)nn3c21. The van der Waals surface area contributed by atoms with Crippen LogP contribution in [0.5, 0.6) is 0 Å². The lowest BCUT2D eigenvalue weighted by Gasteiger charge is -2.28. The van der Waals surface area contributed by atoms with Gasteiger partial charge in [-0.1, -0.05) is 37.6 Å². The molecule has 0 atom stereocenters. The van der Waals surface area contributed by atoms with Gasteiger partial charge in [-0.05, 0) is 58.1 Å². The monoisotopic (exact) mass is 362 g/mol. The molecule has 0 N–H and O–H groups in total. The van der Waals surface area contributed by atoms with E-state index in [1.54, 1.807) is 0 Å². The molecule has 1 aliphatic rings. The van der Waals surface area contributed by atoms with Crippen molar-refractivity contribution >= 4 is 11.5 Å². The van der Waals surface area contributed by atoms with Crippen LogP contribution in [0, 0.1) is 27.7 Å². The molecule has 2 aromatic heterocycles. The standard InChI is InChI=1S/C23H30N4/c1-7-18(8-2)26-12-11-20-16(5)24-22-21(17(6)25-27(22)23(20)26)19-10-9-14(3)13-15(19)4/h9-10,13,18H,7-8,11-12H2,1-6H3. The van der Waals surface area contributed by atoms with Crippen LogP contribution in [-0.4, -0.2) is 27.2 Å². The molecule has 3 heterocycles. The molecule has 1 aromatic carbocycles. The summed E-state index contributed by atoms with van der Waals surface area (Å²) in [4.78, 5) is 7.59. The van der Waals surface area contributed by atoms with Crippen molar-refractivity contribution < 1.29 is 0 Å². The lowest BCUT2D eigenvalue weighted by atomic mass is 9.99. The highest BCUT2D eigenvalue weighted by Crippen LogP contribution is 2.38.